The van der Waals surface area contributed by atoms with E-state index in [1.165, 1.54) is 18.3 Å². The van der Waals surface area contributed by atoms with Gasteiger partial charge >= 0.3 is 5.97 Å². The number of ether oxygens (including phenoxy) is 2. The van der Waals surface area contributed by atoms with Crippen LogP contribution in [0.25, 0.3) is 11.3 Å². The molecule has 0 fully saturated rings. The second kappa shape index (κ2) is 8.97. The number of esters is 1. The molecule has 3 aromatic rings. The van der Waals surface area contributed by atoms with Crippen molar-refractivity contribution >= 4 is 39.9 Å². The van der Waals surface area contributed by atoms with Crippen LogP contribution in [0.1, 0.15) is 13.3 Å². The van der Waals surface area contributed by atoms with Gasteiger partial charge in [-0.15, -0.1) is 11.3 Å². The van der Waals surface area contributed by atoms with Gasteiger partial charge in [0.25, 0.3) is 11.8 Å². The number of carbonyl (C=O) groups is 3. The van der Waals surface area contributed by atoms with Crippen molar-refractivity contribution in [2.75, 3.05) is 10.6 Å². The van der Waals surface area contributed by atoms with E-state index in [9.17, 15) is 14.4 Å². The van der Waals surface area contributed by atoms with Crippen LogP contribution in [0.3, 0.4) is 0 Å². The Morgan fingerprint density at radius 3 is 2.74 bits per heavy atom. The van der Waals surface area contributed by atoms with Gasteiger partial charge < -0.3 is 14.8 Å². The summed E-state index contributed by atoms with van der Waals surface area (Å²) in [6.07, 6.45) is -2.40. The normalized spacial score (nSPS) is 15.8. The number of nitrogens with one attached hydrogen (secondary N) is 2. The van der Waals surface area contributed by atoms with Gasteiger partial charge in [-0.05, 0) is 19.1 Å². The fourth-order valence-electron chi connectivity index (χ4n) is 2.96. The Balaban J connectivity index is 1.30. The molecule has 31 heavy (non-hydrogen) atoms. The third-order valence-electron chi connectivity index (χ3n) is 4.54. The minimum atomic E-state index is -1.06. The summed E-state index contributed by atoms with van der Waals surface area (Å²) in [5.41, 5.74) is 2.22. The molecule has 0 spiro atoms. The molecule has 0 saturated heterocycles. The fourth-order valence-corrected chi connectivity index (χ4v) is 3.68. The van der Waals surface area contributed by atoms with Gasteiger partial charge in [-0.2, -0.15) is 0 Å². The van der Waals surface area contributed by atoms with Crippen LogP contribution in [0.5, 0.6) is 5.75 Å². The maximum absolute atomic E-state index is 12.4. The number of carbonyl (C=O) groups excluding carboxylic acids is 3. The largest absolute Gasteiger partial charge is 0.478 e. The molecular weight excluding hydrogens is 418 g/mol. The molecule has 0 radical (unpaired) electrons. The number of benzene rings is 2. The Hall–Kier alpha value is -3.72. The van der Waals surface area contributed by atoms with Crippen LogP contribution in [0.15, 0.2) is 60.0 Å². The lowest BCUT2D eigenvalue weighted by Crippen LogP contribution is -2.40. The van der Waals surface area contributed by atoms with E-state index in [1.54, 1.807) is 24.3 Å². The Labute approximate surface area is 182 Å². The molecule has 2 heterocycles. The molecule has 4 rings (SSSR count). The van der Waals surface area contributed by atoms with E-state index in [4.69, 9.17) is 9.47 Å². The Morgan fingerprint density at radius 1 is 1.19 bits per heavy atom. The zero-order valence-corrected chi connectivity index (χ0v) is 17.3. The van der Waals surface area contributed by atoms with Gasteiger partial charge in [0.1, 0.15) is 5.75 Å². The van der Waals surface area contributed by atoms with Crippen molar-refractivity contribution in [2.45, 2.75) is 25.6 Å². The van der Waals surface area contributed by atoms with Crippen LogP contribution in [0.4, 0.5) is 10.8 Å². The van der Waals surface area contributed by atoms with Gasteiger partial charge in [-0.1, -0.05) is 42.5 Å². The number of fused-ring (bicyclic) bond motifs is 1. The van der Waals surface area contributed by atoms with Crippen molar-refractivity contribution in [3.63, 3.8) is 0 Å². The van der Waals surface area contributed by atoms with E-state index in [2.05, 4.69) is 15.6 Å². The summed E-state index contributed by atoms with van der Waals surface area (Å²) < 4.78 is 10.8. The number of para-hydroxylation sites is 2. The number of nitrogens with zero attached hydrogens (tertiary/aromatic N) is 1. The highest BCUT2D eigenvalue weighted by atomic mass is 32.1. The zero-order chi connectivity index (χ0) is 21.8. The first-order valence-electron chi connectivity index (χ1n) is 9.57. The molecule has 158 valence electrons. The highest BCUT2D eigenvalue weighted by molar-refractivity contribution is 7.14. The van der Waals surface area contributed by atoms with E-state index in [1.807, 2.05) is 35.7 Å². The monoisotopic (exact) mass is 437 g/mol. The molecule has 2 atom stereocenters. The Bertz CT molecular complexity index is 1120. The summed E-state index contributed by atoms with van der Waals surface area (Å²) in [6, 6.07) is 16.5. The molecule has 0 bridgehead atoms. The molecule has 1 aliphatic rings. The quantitative estimate of drug-likeness (QED) is 0.572. The van der Waals surface area contributed by atoms with E-state index < -0.39 is 30.0 Å². The third kappa shape index (κ3) is 4.89. The molecule has 1 aliphatic heterocycles. The highest BCUT2D eigenvalue weighted by Crippen LogP contribution is 2.30. The Morgan fingerprint density at radius 2 is 1.94 bits per heavy atom. The summed E-state index contributed by atoms with van der Waals surface area (Å²) in [7, 11) is 0. The van der Waals surface area contributed by atoms with Crippen LogP contribution < -0.4 is 15.4 Å². The average Bonchev–Trinajstić information content (AvgIpc) is 3.23. The standard InChI is InChI=1S/C22H19N3O5S/c1-13(20(27)25-22-24-16(12-31-22)14-7-3-2-4-8-14)29-19(26)11-18-21(28)23-15-9-5-6-10-17(15)30-18/h2-10,12-13,18H,11H2,1H3,(H,23,28)(H,24,25,27). The molecule has 1 aromatic heterocycles. The Kier molecular flexibility index (Phi) is 5.94. The topological polar surface area (TPSA) is 107 Å². The maximum atomic E-state index is 12.4. The van der Waals surface area contributed by atoms with Crippen molar-refractivity contribution < 1.29 is 23.9 Å². The molecule has 2 amide bonds. The molecule has 2 aromatic carbocycles. The predicted octanol–water partition coefficient (Wildman–Crippen LogP) is 3.47. The lowest BCUT2D eigenvalue weighted by molar-refractivity contribution is -0.155. The van der Waals surface area contributed by atoms with Crippen molar-refractivity contribution in [3.8, 4) is 17.0 Å². The second-order valence-electron chi connectivity index (χ2n) is 6.82. The van der Waals surface area contributed by atoms with Crippen LogP contribution in [-0.4, -0.2) is 35.0 Å². The van der Waals surface area contributed by atoms with E-state index in [-0.39, 0.29) is 6.42 Å². The van der Waals surface area contributed by atoms with Crippen LogP contribution in [0.2, 0.25) is 0 Å². The minimum Gasteiger partial charge on any atom is -0.478 e. The molecule has 0 aliphatic carbocycles. The highest BCUT2D eigenvalue weighted by Gasteiger charge is 2.31. The fraction of sp³-hybridized carbons (Fsp3) is 0.182. The number of thiazole rings is 1. The first-order valence-corrected chi connectivity index (χ1v) is 10.5. The van der Waals surface area contributed by atoms with Gasteiger partial charge in [0.05, 0.1) is 17.8 Å². The van der Waals surface area contributed by atoms with Crippen molar-refractivity contribution in [1.29, 1.82) is 0 Å². The van der Waals surface area contributed by atoms with Gasteiger partial charge in [0.2, 0.25) is 0 Å². The van der Waals surface area contributed by atoms with E-state index >= 15 is 0 Å². The maximum Gasteiger partial charge on any atom is 0.310 e. The number of rotatable bonds is 6. The van der Waals surface area contributed by atoms with Crippen LogP contribution in [-0.2, 0) is 19.1 Å². The summed E-state index contributed by atoms with van der Waals surface area (Å²) in [5.74, 6) is -1.19. The van der Waals surface area contributed by atoms with Crippen molar-refractivity contribution in [3.05, 3.63) is 60.0 Å². The van der Waals surface area contributed by atoms with Gasteiger partial charge in [0, 0.05) is 10.9 Å². The van der Waals surface area contributed by atoms with Gasteiger partial charge in [-0.3, -0.25) is 19.7 Å². The van der Waals surface area contributed by atoms with Crippen molar-refractivity contribution in [1.82, 2.24) is 4.98 Å². The van der Waals surface area contributed by atoms with E-state index in [0.717, 1.165) is 11.3 Å². The molecule has 9 heteroatoms. The smallest absolute Gasteiger partial charge is 0.310 e. The molecule has 0 saturated carbocycles. The van der Waals surface area contributed by atoms with Crippen LogP contribution in [0, 0.1) is 0 Å². The molecule has 8 nitrogen and oxygen atoms in total. The second-order valence-corrected chi connectivity index (χ2v) is 7.68. The van der Waals surface area contributed by atoms with Gasteiger partial charge in [0.15, 0.2) is 17.3 Å². The SMILES string of the molecule is CC(OC(=O)CC1Oc2ccccc2NC1=O)C(=O)Nc1nc(-c2ccccc2)cs1. The first-order chi connectivity index (χ1) is 15.0. The summed E-state index contributed by atoms with van der Waals surface area (Å²) in [5, 5.41) is 7.56. The summed E-state index contributed by atoms with van der Waals surface area (Å²) in [4.78, 5) is 41.2. The number of amides is 2. The number of aromatic nitrogens is 1. The van der Waals surface area contributed by atoms with E-state index in [0.29, 0.717) is 16.6 Å². The minimum absolute atomic E-state index is 0.312. The number of hydrogen-bond acceptors (Lipinski definition) is 7. The number of hydrogen-bond donors (Lipinski definition) is 2. The number of anilines is 2. The molecule has 2 unspecified atom stereocenters. The molecule has 2 N–H and O–H groups in total. The van der Waals surface area contributed by atoms with Gasteiger partial charge in [-0.25, -0.2) is 4.98 Å². The third-order valence-corrected chi connectivity index (χ3v) is 5.30. The predicted molar refractivity (Wildman–Crippen MR) is 116 cm³/mol. The average molecular weight is 437 g/mol. The summed E-state index contributed by atoms with van der Waals surface area (Å²) in [6.45, 7) is 1.45. The summed E-state index contributed by atoms with van der Waals surface area (Å²) >= 11 is 1.27. The lowest BCUT2D eigenvalue weighted by atomic mass is 10.1. The van der Waals surface area contributed by atoms with Crippen molar-refractivity contribution in [2.24, 2.45) is 0 Å². The lowest BCUT2D eigenvalue weighted by Gasteiger charge is -2.25. The first kappa shape index (κ1) is 20.5. The zero-order valence-electron chi connectivity index (χ0n) is 16.5. The molecular formula is C22H19N3O5S. The van der Waals surface area contributed by atoms with Crippen LogP contribution >= 0.6 is 11.3 Å².